The summed E-state index contributed by atoms with van der Waals surface area (Å²) in [4.78, 5) is 14.9. The number of carbonyl (C=O) groups is 1. The molecule has 1 amide bonds. The van der Waals surface area contributed by atoms with E-state index in [1.54, 1.807) is 0 Å². The van der Waals surface area contributed by atoms with Crippen LogP contribution < -0.4 is 5.32 Å². The molecule has 1 heterocycles. The van der Waals surface area contributed by atoms with Crippen molar-refractivity contribution in [3.63, 3.8) is 0 Å². The van der Waals surface area contributed by atoms with Crippen molar-refractivity contribution >= 4 is 5.91 Å². The van der Waals surface area contributed by atoms with Gasteiger partial charge in [0.2, 0.25) is 5.91 Å². The zero-order valence-corrected chi connectivity index (χ0v) is 17.6. The Morgan fingerprint density at radius 1 is 1.03 bits per heavy atom. The molecule has 1 fully saturated rings. The van der Waals surface area contributed by atoms with Crippen molar-refractivity contribution in [1.29, 1.82) is 0 Å². The molecule has 1 aliphatic heterocycles. The van der Waals surface area contributed by atoms with E-state index in [1.165, 1.54) is 16.7 Å². The van der Waals surface area contributed by atoms with E-state index >= 15 is 0 Å². The van der Waals surface area contributed by atoms with E-state index in [2.05, 4.69) is 72.6 Å². The molecule has 29 heavy (non-hydrogen) atoms. The van der Waals surface area contributed by atoms with Gasteiger partial charge in [0.25, 0.3) is 0 Å². The highest BCUT2D eigenvalue weighted by molar-refractivity contribution is 5.77. The van der Waals surface area contributed by atoms with Crippen LogP contribution in [-0.2, 0) is 29.0 Å². The van der Waals surface area contributed by atoms with Gasteiger partial charge in [-0.2, -0.15) is 0 Å². The molecule has 4 nitrogen and oxygen atoms in total. The predicted octanol–water partition coefficient (Wildman–Crippen LogP) is 4.03. The molecule has 1 saturated heterocycles. The van der Waals surface area contributed by atoms with Gasteiger partial charge in [0.1, 0.15) is 0 Å². The minimum absolute atomic E-state index is 0.145. The van der Waals surface area contributed by atoms with E-state index in [4.69, 9.17) is 4.74 Å². The molecule has 3 unspecified atom stereocenters. The number of carbonyl (C=O) groups excluding carboxylic acids is 1. The average molecular weight is 393 g/mol. The summed E-state index contributed by atoms with van der Waals surface area (Å²) < 4.78 is 5.81. The van der Waals surface area contributed by atoms with Gasteiger partial charge in [0.05, 0.1) is 12.2 Å². The van der Waals surface area contributed by atoms with Crippen molar-refractivity contribution in [2.75, 3.05) is 13.1 Å². The van der Waals surface area contributed by atoms with E-state index in [0.29, 0.717) is 31.1 Å². The maximum atomic E-state index is 12.4. The van der Waals surface area contributed by atoms with Crippen molar-refractivity contribution in [2.24, 2.45) is 0 Å². The highest BCUT2D eigenvalue weighted by atomic mass is 16.5. The molecule has 3 atom stereocenters. The van der Waals surface area contributed by atoms with Crippen LogP contribution in [0, 0.1) is 0 Å². The van der Waals surface area contributed by atoms with Crippen LogP contribution in [0.3, 0.4) is 0 Å². The van der Waals surface area contributed by atoms with Gasteiger partial charge >= 0.3 is 0 Å². The number of fused-ring (bicyclic) bond motifs is 1. The molecular weight excluding hydrogens is 360 g/mol. The first-order chi connectivity index (χ1) is 14.1. The number of amides is 1. The molecule has 2 aromatic rings. The van der Waals surface area contributed by atoms with Crippen molar-refractivity contribution in [3.8, 4) is 0 Å². The zero-order chi connectivity index (χ0) is 20.2. The van der Waals surface area contributed by atoms with Crippen LogP contribution in [0.4, 0.5) is 0 Å². The quantitative estimate of drug-likeness (QED) is 0.807. The van der Waals surface area contributed by atoms with Gasteiger partial charge in [-0.05, 0) is 54.9 Å². The lowest BCUT2D eigenvalue weighted by molar-refractivity contribution is -0.121. The van der Waals surface area contributed by atoms with E-state index in [-0.39, 0.29) is 5.91 Å². The number of benzene rings is 2. The maximum absolute atomic E-state index is 12.4. The summed E-state index contributed by atoms with van der Waals surface area (Å²) in [7, 11) is 0. The van der Waals surface area contributed by atoms with Gasteiger partial charge in [0, 0.05) is 32.6 Å². The van der Waals surface area contributed by atoms with Crippen LogP contribution in [-0.4, -0.2) is 36.1 Å². The van der Waals surface area contributed by atoms with Gasteiger partial charge in [-0.3, -0.25) is 9.69 Å². The Bertz CT molecular complexity index is 823. The SMILES string of the molecule is CC1CN(Cc2ccc(CNC(=O)CC3CCc4ccccc43)cc2)CC(C)O1. The second-order valence-electron chi connectivity index (χ2n) is 8.68. The molecule has 4 heteroatoms. The Morgan fingerprint density at radius 2 is 1.72 bits per heavy atom. The fourth-order valence-corrected chi connectivity index (χ4v) is 4.79. The molecule has 2 aliphatic rings. The summed E-state index contributed by atoms with van der Waals surface area (Å²) in [5.74, 6) is 0.513. The molecule has 0 saturated carbocycles. The summed E-state index contributed by atoms with van der Waals surface area (Å²) in [5.41, 5.74) is 5.23. The molecular formula is C25H32N2O2. The average Bonchev–Trinajstić information content (AvgIpc) is 3.10. The Balaban J connectivity index is 1.24. The molecule has 0 bridgehead atoms. The first kappa shape index (κ1) is 20.1. The first-order valence-electron chi connectivity index (χ1n) is 10.9. The van der Waals surface area contributed by atoms with E-state index in [9.17, 15) is 4.79 Å². The molecule has 4 rings (SSSR count). The van der Waals surface area contributed by atoms with Crippen LogP contribution in [0.25, 0.3) is 0 Å². The van der Waals surface area contributed by atoms with Crippen molar-refractivity contribution in [2.45, 2.75) is 64.3 Å². The molecule has 0 radical (unpaired) electrons. The minimum Gasteiger partial charge on any atom is -0.373 e. The smallest absolute Gasteiger partial charge is 0.220 e. The van der Waals surface area contributed by atoms with Gasteiger partial charge in [-0.25, -0.2) is 0 Å². The highest BCUT2D eigenvalue weighted by Gasteiger charge is 2.24. The number of ether oxygens (including phenoxy) is 1. The third-order valence-corrected chi connectivity index (χ3v) is 6.10. The Hall–Kier alpha value is -2.17. The van der Waals surface area contributed by atoms with Crippen LogP contribution in [0.2, 0.25) is 0 Å². The Kier molecular flexibility index (Phi) is 6.31. The molecule has 0 spiro atoms. The van der Waals surface area contributed by atoms with Crippen molar-refractivity contribution in [1.82, 2.24) is 10.2 Å². The van der Waals surface area contributed by atoms with E-state index in [0.717, 1.165) is 38.0 Å². The van der Waals surface area contributed by atoms with Crippen LogP contribution >= 0.6 is 0 Å². The summed E-state index contributed by atoms with van der Waals surface area (Å²) in [6.45, 7) is 7.78. The second kappa shape index (κ2) is 9.10. The van der Waals surface area contributed by atoms with Gasteiger partial charge in [-0.15, -0.1) is 0 Å². The third-order valence-electron chi connectivity index (χ3n) is 6.10. The minimum atomic E-state index is 0.145. The number of rotatable bonds is 6. The normalized spacial score (nSPS) is 24.3. The summed E-state index contributed by atoms with van der Waals surface area (Å²) in [6.07, 6.45) is 3.35. The monoisotopic (exact) mass is 392 g/mol. The number of morpholine rings is 1. The second-order valence-corrected chi connectivity index (χ2v) is 8.68. The topological polar surface area (TPSA) is 41.6 Å². The zero-order valence-electron chi connectivity index (χ0n) is 17.6. The third kappa shape index (κ3) is 5.26. The molecule has 0 aromatic heterocycles. The standard InChI is InChI=1S/C25H32N2O2/c1-18-15-27(16-19(2)29-18)17-21-9-7-20(8-10-21)14-26-25(28)13-23-12-11-22-5-3-4-6-24(22)23/h3-10,18-19,23H,11-17H2,1-2H3,(H,26,28). The van der Waals surface area contributed by atoms with Crippen molar-refractivity contribution < 1.29 is 9.53 Å². The van der Waals surface area contributed by atoms with Crippen LogP contribution in [0.1, 0.15) is 54.9 Å². The lowest BCUT2D eigenvalue weighted by Gasteiger charge is -2.35. The lowest BCUT2D eigenvalue weighted by atomic mass is 9.97. The maximum Gasteiger partial charge on any atom is 0.220 e. The van der Waals surface area contributed by atoms with Crippen LogP contribution in [0.5, 0.6) is 0 Å². The summed E-state index contributed by atoms with van der Waals surface area (Å²) in [6, 6.07) is 17.2. The lowest BCUT2D eigenvalue weighted by Crippen LogP contribution is -2.44. The molecule has 2 aromatic carbocycles. The largest absolute Gasteiger partial charge is 0.373 e. The fourth-order valence-electron chi connectivity index (χ4n) is 4.79. The number of nitrogens with one attached hydrogen (secondary N) is 1. The van der Waals surface area contributed by atoms with Crippen LogP contribution in [0.15, 0.2) is 48.5 Å². The highest BCUT2D eigenvalue weighted by Crippen LogP contribution is 2.35. The van der Waals surface area contributed by atoms with Crippen molar-refractivity contribution in [3.05, 3.63) is 70.8 Å². The number of nitrogens with zero attached hydrogens (tertiary/aromatic N) is 1. The molecule has 1 N–H and O–H groups in total. The Labute approximate surface area is 174 Å². The first-order valence-corrected chi connectivity index (χ1v) is 10.9. The van der Waals surface area contributed by atoms with Gasteiger partial charge < -0.3 is 10.1 Å². The fraction of sp³-hybridized carbons (Fsp3) is 0.480. The Morgan fingerprint density at radius 3 is 2.48 bits per heavy atom. The number of aryl methyl sites for hydroxylation is 1. The predicted molar refractivity (Wildman–Crippen MR) is 116 cm³/mol. The number of hydrogen-bond acceptors (Lipinski definition) is 3. The summed E-state index contributed by atoms with van der Waals surface area (Å²) in [5, 5.41) is 3.10. The van der Waals surface area contributed by atoms with Gasteiger partial charge in [-0.1, -0.05) is 48.5 Å². The van der Waals surface area contributed by atoms with E-state index < -0.39 is 0 Å². The summed E-state index contributed by atoms with van der Waals surface area (Å²) >= 11 is 0. The van der Waals surface area contributed by atoms with E-state index in [1.807, 2.05) is 0 Å². The molecule has 1 aliphatic carbocycles. The molecule has 154 valence electrons. The van der Waals surface area contributed by atoms with Gasteiger partial charge in [0.15, 0.2) is 0 Å². The number of hydrogen-bond donors (Lipinski definition) is 1.